The van der Waals surface area contributed by atoms with Crippen molar-refractivity contribution in [2.24, 2.45) is 11.7 Å². The van der Waals surface area contributed by atoms with E-state index in [1.54, 1.807) is 13.0 Å². The Bertz CT molecular complexity index is 465. The lowest BCUT2D eigenvalue weighted by Crippen LogP contribution is -2.45. The minimum atomic E-state index is -0.568. The number of carbonyl (C=O) groups is 1. The first kappa shape index (κ1) is 16.4. The zero-order valence-electron chi connectivity index (χ0n) is 12.4. The number of methoxy groups -OCH3 is 1. The van der Waals surface area contributed by atoms with Crippen LogP contribution in [0.15, 0.2) is 18.2 Å². The van der Waals surface area contributed by atoms with E-state index in [9.17, 15) is 9.18 Å². The first-order valence-corrected chi connectivity index (χ1v) is 6.80. The molecule has 0 fully saturated rings. The molecule has 0 aliphatic carbocycles. The number of benzene rings is 1. The molecule has 3 N–H and O–H groups in total. The predicted octanol–water partition coefficient (Wildman–Crippen LogP) is 2.38. The minimum Gasteiger partial charge on any atom is -0.496 e. The van der Waals surface area contributed by atoms with Crippen molar-refractivity contribution in [3.63, 3.8) is 0 Å². The highest BCUT2D eigenvalue weighted by atomic mass is 19.1. The van der Waals surface area contributed by atoms with Gasteiger partial charge in [-0.15, -0.1) is 0 Å². The predicted molar refractivity (Wildman–Crippen MR) is 76.9 cm³/mol. The summed E-state index contributed by atoms with van der Waals surface area (Å²) in [5, 5.41) is 2.80. The molecule has 0 saturated carbocycles. The zero-order chi connectivity index (χ0) is 15.3. The van der Waals surface area contributed by atoms with E-state index in [1.165, 1.54) is 19.2 Å². The molecule has 0 heterocycles. The topological polar surface area (TPSA) is 64.4 Å². The first-order chi connectivity index (χ1) is 9.40. The van der Waals surface area contributed by atoms with Crippen molar-refractivity contribution in [2.45, 2.75) is 39.3 Å². The van der Waals surface area contributed by atoms with E-state index < -0.39 is 6.04 Å². The normalized spacial score (nSPS) is 15.3. The fourth-order valence-corrected chi connectivity index (χ4v) is 1.94. The maximum absolute atomic E-state index is 13.3. The summed E-state index contributed by atoms with van der Waals surface area (Å²) in [5.74, 6) is 0.0270. The second-order valence-electron chi connectivity index (χ2n) is 5.03. The maximum Gasteiger partial charge on any atom is 0.237 e. The van der Waals surface area contributed by atoms with E-state index in [2.05, 4.69) is 5.32 Å². The SMILES string of the molecule is CCC(C)C(N)C(=O)NC(C)c1cc(F)ccc1OC. The molecule has 4 nitrogen and oxygen atoms in total. The molecule has 0 aliphatic heterocycles. The number of rotatable bonds is 6. The molecule has 0 aromatic heterocycles. The second-order valence-corrected chi connectivity index (χ2v) is 5.03. The second kappa shape index (κ2) is 7.24. The quantitative estimate of drug-likeness (QED) is 0.842. The van der Waals surface area contributed by atoms with Gasteiger partial charge < -0.3 is 15.8 Å². The summed E-state index contributed by atoms with van der Waals surface area (Å²) in [6.07, 6.45) is 0.826. The number of amides is 1. The number of nitrogens with one attached hydrogen (secondary N) is 1. The van der Waals surface area contributed by atoms with Gasteiger partial charge in [-0.1, -0.05) is 20.3 Å². The maximum atomic E-state index is 13.3. The molecule has 1 aromatic rings. The molecule has 0 bridgehead atoms. The number of nitrogens with two attached hydrogens (primary N) is 1. The highest BCUT2D eigenvalue weighted by Gasteiger charge is 2.22. The third-order valence-corrected chi connectivity index (χ3v) is 3.58. The van der Waals surface area contributed by atoms with E-state index in [0.29, 0.717) is 11.3 Å². The van der Waals surface area contributed by atoms with Crippen LogP contribution in [-0.4, -0.2) is 19.1 Å². The number of hydrogen-bond acceptors (Lipinski definition) is 3. The summed E-state index contributed by atoms with van der Waals surface area (Å²) in [6, 6.07) is 3.28. The van der Waals surface area contributed by atoms with Crippen molar-refractivity contribution in [1.29, 1.82) is 0 Å². The molecule has 1 amide bonds. The van der Waals surface area contributed by atoms with Crippen molar-refractivity contribution >= 4 is 5.91 Å². The molecule has 112 valence electrons. The lowest BCUT2D eigenvalue weighted by atomic mass is 9.98. The van der Waals surface area contributed by atoms with Gasteiger partial charge in [0.1, 0.15) is 11.6 Å². The van der Waals surface area contributed by atoms with Gasteiger partial charge >= 0.3 is 0 Å². The highest BCUT2D eigenvalue weighted by molar-refractivity contribution is 5.82. The van der Waals surface area contributed by atoms with E-state index >= 15 is 0 Å². The lowest BCUT2D eigenvalue weighted by Gasteiger charge is -2.22. The van der Waals surface area contributed by atoms with Crippen LogP contribution in [0.5, 0.6) is 5.75 Å². The number of hydrogen-bond donors (Lipinski definition) is 2. The third-order valence-electron chi connectivity index (χ3n) is 3.58. The van der Waals surface area contributed by atoms with Crippen LogP contribution in [-0.2, 0) is 4.79 Å². The fraction of sp³-hybridized carbons (Fsp3) is 0.533. The standard InChI is InChI=1S/C15H23FN2O2/c1-5-9(2)14(17)15(19)18-10(3)12-8-11(16)6-7-13(12)20-4/h6-10,14H,5,17H2,1-4H3,(H,18,19). The average molecular weight is 282 g/mol. The van der Waals surface area contributed by atoms with Crippen LogP contribution in [0.1, 0.15) is 38.8 Å². The van der Waals surface area contributed by atoms with Crippen molar-refractivity contribution in [3.8, 4) is 5.75 Å². The highest BCUT2D eigenvalue weighted by Crippen LogP contribution is 2.26. The molecule has 1 rings (SSSR count). The van der Waals surface area contributed by atoms with Crippen molar-refractivity contribution < 1.29 is 13.9 Å². The van der Waals surface area contributed by atoms with Crippen LogP contribution < -0.4 is 15.8 Å². The van der Waals surface area contributed by atoms with Crippen LogP contribution in [0.3, 0.4) is 0 Å². The van der Waals surface area contributed by atoms with Gasteiger partial charge in [0.2, 0.25) is 5.91 Å². The Labute approximate surface area is 119 Å². The number of carbonyl (C=O) groups excluding carboxylic acids is 1. The fourth-order valence-electron chi connectivity index (χ4n) is 1.94. The monoisotopic (exact) mass is 282 g/mol. The smallest absolute Gasteiger partial charge is 0.237 e. The van der Waals surface area contributed by atoms with Gasteiger partial charge in [-0.05, 0) is 31.0 Å². The van der Waals surface area contributed by atoms with Crippen LogP contribution in [0.2, 0.25) is 0 Å². The van der Waals surface area contributed by atoms with Crippen LogP contribution >= 0.6 is 0 Å². The summed E-state index contributed by atoms with van der Waals surface area (Å²) in [4.78, 5) is 12.0. The zero-order valence-corrected chi connectivity index (χ0v) is 12.4. The molecule has 0 radical (unpaired) electrons. The Hall–Kier alpha value is -1.62. The Morgan fingerprint density at radius 1 is 1.45 bits per heavy atom. The molecule has 0 saturated heterocycles. The summed E-state index contributed by atoms with van der Waals surface area (Å²) in [6.45, 7) is 5.69. The van der Waals surface area contributed by atoms with Gasteiger partial charge in [0, 0.05) is 5.56 Å². The van der Waals surface area contributed by atoms with Crippen molar-refractivity contribution in [2.75, 3.05) is 7.11 Å². The summed E-state index contributed by atoms with van der Waals surface area (Å²) in [5.41, 5.74) is 6.48. The molecule has 20 heavy (non-hydrogen) atoms. The molecule has 0 aliphatic rings. The number of ether oxygens (including phenoxy) is 1. The lowest BCUT2D eigenvalue weighted by molar-refractivity contribution is -0.124. The van der Waals surface area contributed by atoms with Gasteiger partial charge in [-0.2, -0.15) is 0 Å². The summed E-state index contributed by atoms with van der Waals surface area (Å²) >= 11 is 0. The van der Waals surface area contributed by atoms with Gasteiger partial charge in [-0.25, -0.2) is 4.39 Å². The molecule has 3 atom stereocenters. The molecule has 1 aromatic carbocycles. The molecule has 5 heteroatoms. The Morgan fingerprint density at radius 3 is 2.65 bits per heavy atom. The van der Waals surface area contributed by atoms with Crippen LogP contribution in [0.4, 0.5) is 4.39 Å². The average Bonchev–Trinajstić information content (AvgIpc) is 2.45. The molecular formula is C15H23FN2O2. The van der Waals surface area contributed by atoms with Crippen LogP contribution in [0, 0.1) is 11.7 Å². The van der Waals surface area contributed by atoms with Gasteiger partial charge in [0.25, 0.3) is 0 Å². The van der Waals surface area contributed by atoms with Crippen molar-refractivity contribution in [3.05, 3.63) is 29.6 Å². The minimum absolute atomic E-state index is 0.0941. The Morgan fingerprint density at radius 2 is 2.10 bits per heavy atom. The summed E-state index contributed by atoms with van der Waals surface area (Å²) in [7, 11) is 1.51. The van der Waals surface area contributed by atoms with Crippen LogP contribution in [0.25, 0.3) is 0 Å². The van der Waals surface area contributed by atoms with E-state index in [4.69, 9.17) is 10.5 Å². The largest absolute Gasteiger partial charge is 0.496 e. The third kappa shape index (κ3) is 3.93. The molecular weight excluding hydrogens is 259 g/mol. The Kier molecular flexibility index (Phi) is 5.95. The van der Waals surface area contributed by atoms with E-state index in [-0.39, 0.29) is 23.7 Å². The van der Waals surface area contributed by atoms with Gasteiger partial charge in [0.15, 0.2) is 0 Å². The van der Waals surface area contributed by atoms with Crippen molar-refractivity contribution in [1.82, 2.24) is 5.32 Å². The first-order valence-electron chi connectivity index (χ1n) is 6.80. The Balaban J connectivity index is 2.83. The molecule has 0 spiro atoms. The van der Waals surface area contributed by atoms with E-state index in [0.717, 1.165) is 6.42 Å². The summed E-state index contributed by atoms with van der Waals surface area (Å²) < 4.78 is 18.5. The van der Waals surface area contributed by atoms with Gasteiger partial charge in [-0.3, -0.25) is 4.79 Å². The van der Waals surface area contributed by atoms with E-state index in [1.807, 2.05) is 13.8 Å². The number of halogens is 1. The van der Waals surface area contributed by atoms with Gasteiger partial charge in [0.05, 0.1) is 19.2 Å². The molecule has 3 unspecified atom stereocenters.